The first-order chi connectivity index (χ1) is 20.2. The first kappa shape index (κ1) is 34.8. The molecule has 2 aromatic rings. The molecule has 2 rings (SSSR count). The highest BCUT2D eigenvalue weighted by atomic mass is 16.5. The van der Waals surface area contributed by atoms with Crippen LogP contribution in [-0.2, 0) is 20.9 Å². The molecule has 2 aromatic carbocycles. The number of para-hydroxylation sites is 1. The fourth-order valence-corrected chi connectivity index (χ4v) is 5.13. The van der Waals surface area contributed by atoms with Gasteiger partial charge in [0.25, 0.3) is 0 Å². The van der Waals surface area contributed by atoms with Crippen LogP contribution >= 0.6 is 0 Å². The summed E-state index contributed by atoms with van der Waals surface area (Å²) in [7, 11) is 0. The van der Waals surface area contributed by atoms with Gasteiger partial charge in [0.15, 0.2) is 0 Å². The zero-order chi connectivity index (χ0) is 30.9. The lowest BCUT2D eigenvalue weighted by Gasteiger charge is -2.30. The lowest BCUT2D eigenvalue weighted by atomic mass is 9.81. The van der Waals surface area contributed by atoms with Gasteiger partial charge in [-0.3, -0.25) is 14.4 Å². The number of unbranched alkanes of at least 4 members (excludes halogenated alkanes) is 2. The van der Waals surface area contributed by atoms with Gasteiger partial charge in [-0.2, -0.15) is 0 Å². The normalized spacial score (nSPS) is 13.2. The number of nitrogens with zero attached hydrogens (tertiary/aromatic N) is 1. The Bertz CT molecular complexity index is 1090. The van der Waals surface area contributed by atoms with Crippen LogP contribution in [-0.4, -0.2) is 41.8 Å². The number of amides is 3. The molecule has 0 aromatic heterocycles. The van der Waals surface area contributed by atoms with E-state index in [0.717, 1.165) is 43.4 Å². The van der Waals surface area contributed by atoms with Crippen molar-refractivity contribution in [1.29, 1.82) is 0 Å². The predicted molar refractivity (Wildman–Crippen MR) is 170 cm³/mol. The van der Waals surface area contributed by atoms with Gasteiger partial charge in [-0.1, -0.05) is 84.2 Å². The standard InChI is InChI=1S/C35H53N3O4/c1-7-10-21-36-33(39)31(16-9-3)32(23-26(4)5)34(40)37-27(6)35(41)38(22-11-8-2)25-28-17-15-20-30(24-28)42-29-18-13-12-14-19-29/h12-15,17-20,24,26-27,31-32H,7-11,16,21-23,25H2,1-6H3,(H,36,39)(H,37,40)/t27-,31-,32+/m0/s1. The van der Waals surface area contributed by atoms with E-state index in [-0.39, 0.29) is 23.6 Å². The van der Waals surface area contributed by atoms with E-state index in [1.807, 2.05) is 66.4 Å². The van der Waals surface area contributed by atoms with Gasteiger partial charge in [0.2, 0.25) is 17.7 Å². The molecule has 0 aliphatic heterocycles. The summed E-state index contributed by atoms with van der Waals surface area (Å²) in [6.45, 7) is 13.7. The van der Waals surface area contributed by atoms with E-state index in [1.54, 1.807) is 6.92 Å². The Morgan fingerprint density at radius 1 is 0.810 bits per heavy atom. The molecule has 2 N–H and O–H groups in total. The molecule has 0 saturated heterocycles. The van der Waals surface area contributed by atoms with Crippen molar-refractivity contribution < 1.29 is 19.1 Å². The molecule has 0 saturated carbocycles. The molecule has 42 heavy (non-hydrogen) atoms. The number of carbonyl (C=O) groups is 3. The molecular formula is C35H53N3O4. The topological polar surface area (TPSA) is 87.7 Å². The Morgan fingerprint density at radius 2 is 1.50 bits per heavy atom. The smallest absolute Gasteiger partial charge is 0.245 e. The summed E-state index contributed by atoms with van der Waals surface area (Å²) in [5.74, 6) is 0.377. The van der Waals surface area contributed by atoms with Gasteiger partial charge in [-0.05, 0) is 68.4 Å². The zero-order valence-corrected chi connectivity index (χ0v) is 26.7. The van der Waals surface area contributed by atoms with Crippen LogP contribution in [0.3, 0.4) is 0 Å². The monoisotopic (exact) mass is 579 g/mol. The Morgan fingerprint density at radius 3 is 2.14 bits per heavy atom. The van der Waals surface area contributed by atoms with E-state index in [9.17, 15) is 14.4 Å². The minimum atomic E-state index is -0.710. The largest absolute Gasteiger partial charge is 0.457 e. The average molecular weight is 580 g/mol. The quantitative estimate of drug-likeness (QED) is 0.174. The summed E-state index contributed by atoms with van der Waals surface area (Å²) in [4.78, 5) is 42.4. The fourth-order valence-electron chi connectivity index (χ4n) is 5.13. The van der Waals surface area contributed by atoms with Crippen molar-refractivity contribution in [1.82, 2.24) is 15.5 Å². The maximum atomic E-state index is 13.7. The molecule has 0 unspecified atom stereocenters. The van der Waals surface area contributed by atoms with Crippen molar-refractivity contribution in [2.24, 2.45) is 17.8 Å². The van der Waals surface area contributed by atoms with Gasteiger partial charge in [-0.15, -0.1) is 0 Å². The lowest BCUT2D eigenvalue weighted by Crippen LogP contribution is -2.50. The number of hydrogen-bond donors (Lipinski definition) is 2. The van der Waals surface area contributed by atoms with Crippen molar-refractivity contribution in [2.75, 3.05) is 13.1 Å². The van der Waals surface area contributed by atoms with Crippen LogP contribution in [0.1, 0.15) is 92.1 Å². The summed E-state index contributed by atoms with van der Waals surface area (Å²) in [6.07, 6.45) is 5.74. The molecule has 232 valence electrons. The average Bonchev–Trinajstić information content (AvgIpc) is 2.97. The summed E-state index contributed by atoms with van der Waals surface area (Å²) in [5.41, 5.74) is 0.954. The van der Waals surface area contributed by atoms with Gasteiger partial charge in [0, 0.05) is 31.5 Å². The van der Waals surface area contributed by atoms with Gasteiger partial charge in [0.1, 0.15) is 17.5 Å². The maximum absolute atomic E-state index is 13.7. The molecule has 0 heterocycles. The first-order valence-electron chi connectivity index (χ1n) is 15.9. The maximum Gasteiger partial charge on any atom is 0.245 e. The number of benzene rings is 2. The van der Waals surface area contributed by atoms with Crippen molar-refractivity contribution >= 4 is 17.7 Å². The van der Waals surface area contributed by atoms with E-state index < -0.39 is 17.9 Å². The number of nitrogens with one attached hydrogen (secondary N) is 2. The van der Waals surface area contributed by atoms with Crippen LogP contribution in [0.25, 0.3) is 0 Å². The highest BCUT2D eigenvalue weighted by molar-refractivity contribution is 5.91. The number of carbonyl (C=O) groups excluding carboxylic acids is 3. The first-order valence-corrected chi connectivity index (χ1v) is 15.9. The molecule has 3 atom stereocenters. The van der Waals surface area contributed by atoms with Crippen molar-refractivity contribution in [2.45, 2.75) is 99.1 Å². The zero-order valence-electron chi connectivity index (χ0n) is 26.7. The third kappa shape index (κ3) is 11.9. The van der Waals surface area contributed by atoms with E-state index >= 15 is 0 Å². The number of ether oxygens (including phenoxy) is 1. The molecule has 0 bridgehead atoms. The molecule has 0 spiro atoms. The van der Waals surface area contributed by atoms with Crippen LogP contribution in [0.5, 0.6) is 11.5 Å². The second kappa shape index (κ2) is 19.0. The molecule has 0 radical (unpaired) electrons. The van der Waals surface area contributed by atoms with Crippen LogP contribution < -0.4 is 15.4 Å². The Kier molecular flexibility index (Phi) is 15.7. The second-order valence-corrected chi connectivity index (χ2v) is 11.7. The fraction of sp³-hybridized carbons (Fsp3) is 0.571. The van der Waals surface area contributed by atoms with Gasteiger partial charge in [0.05, 0.1) is 0 Å². The SMILES string of the molecule is CCCCNC(=O)[C@@H](CCC)[C@@H](CC(C)C)C(=O)N[C@@H](C)C(=O)N(CCCC)Cc1cccc(Oc2ccccc2)c1. The van der Waals surface area contributed by atoms with Crippen molar-refractivity contribution in [3.05, 3.63) is 60.2 Å². The molecule has 0 aliphatic carbocycles. The Labute approximate surface area is 253 Å². The van der Waals surface area contributed by atoms with Crippen LogP contribution in [0.15, 0.2) is 54.6 Å². The number of hydrogen-bond acceptors (Lipinski definition) is 4. The third-order valence-corrected chi connectivity index (χ3v) is 7.39. The summed E-state index contributed by atoms with van der Waals surface area (Å²) < 4.78 is 6.00. The highest BCUT2D eigenvalue weighted by Gasteiger charge is 2.35. The van der Waals surface area contributed by atoms with Crippen LogP contribution in [0, 0.1) is 17.8 Å². The second-order valence-electron chi connectivity index (χ2n) is 11.7. The van der Waals surface area contributed by atoms with E-state index in [4.69, 9.17) is 4.74 Å². The van der Waals surface area contributed by atoms with Gasteiger partial charge >= 0.3 is 0 Å². The Balaban J connectivity index is 2.17. The minimum absolute atomic E-state index is 0.0627. The lowest BCUT2D eigenvalue weighted by molar-refractivity contribution is -0.140. The van der Waals surface area contributed by atoms with Crippen LogP contribution in [0.2, 0.25) is 0 Å². The van der Waals surface area contributed by atoms with Gasteiger partial charge < -0.3 is 20.3 Å². The Hall–Kier alpha value is -3.35. The van der Waals surface area contributed by atoms with E-state index in [2.05, 4.69) is 38.3 Å². The molecule has 0 aliphatic rings. The molecular weight excluding hydrogens is 526 g/mol. The molecule has 7 heteroatoms. The molecule has 0 fully saturated rings. The molecule has 7 nitrogen and oxygen atoms in total. The van der Waals surface area contributed by atoms with E-state index in [0.29, 0.717) is 38.2 Å². The van der Waals surface area contributed by atoms with Crippen molar-refractivity contribution in [3.8, 4) is 11.5 Å². The predicted octanol–water partition coefficient (Wildman–Crippen LogP) is 7.11. The van der Waals surface area contributed by atoms with E-state index in [1.165, 1.54) is 0 Å². The molecule has 3 amide bonds. The van der Waals surface area contributed by atoms with Crippen LogP contribution in [0.4, 0.5) is 0 Å². The third-order valence-electron chi connectivity index (χ3n) is 7.39. The van der Waals surface area contributed by atoms with Crippen molar-refractivity contribution in [3.63, 3.8) is 0 Å². The summed E-state index contributed by atoms with van der Waals surface area (Å²) >= 11 is 0. The summed E-state index contributed by atoms with van der Waals surface area (Å²) in [6, 6.07) is 16.7. The number of rotatable bonds is 19. The highest BCUT2D eigenvalue weighted by Crippen LogP contribution is 2.26. The van der Waals surface area contributed by atoms with Gasteiger partial charge in [-0.25, -0.2) is 0 Å². The minimum Gasteiger partial charge on any atom is -0.457 e. The summed E-state index contributed by atoms with van der Waals surface area (Å²) in [5, 5.41) is 6.04.